The minimum atomic E-state index is -0.0867. The van der Waals surface area contributed by atoms with E-state index in [-0.39, 0.29) is 23.1 Å². The fourth-order valence-corrected chi connectivity index (χ4v) is 11.0. The Morgan fingerprint density at radius 3 is 1.61 bits per heavy atom. The molecule has 0 bridgehead atoms. The van der Waals surface area contributed by atoms with Crippen LogP contribution < -0.4 is 20.7 Å². The molecule has 3 heterocycles. The standard InChI is InChI=1S/C62H56BN3/c1-60(2,3)43-27-28-55-52(36-43)50-25-18-26-51-53-37-49(64(46-21-12-10-13-22-46)47-23-14-11-15-24-47)38-57-58(53)63(66(55)59(50)51)54-31-41-29-39-19-16-17-20-40(39)30-42(41)32-56(54)65(57)48-34-44(61(4,5)6)33-45(35-48)62(7,8)9/h10-38H,1-9H3. The Bertz CT molecular complexity index is 3530. The maximum absolute atomic E-state index is 2.71. The lowest BCUT2D eigenvalue weighted by Crippen LogP contribution is -2.56. The van der Waals surface area contributed by atoms with Crippen LogP contribution in [-0.4, -0.2) is 11.3 Å². The van der Waals surface area contributed by atoms with E-state index in [1.165, 1.54) is 99.2 Å². The molecule has 9 aromatic carbocycles. The Labute approximate surface area is 390 Å². The topological polar surface area (TPSA) is 11.4 Å². The highest BCUT2D eigenvalue weighted by atomic mass is 15.2. The van der Waals surface area contributed by atoms with Crippen LogP contribution in [0.4, 0.5) is 34.1 Å². The van der Waals surface area contributed by atoms with E-state index in [9.17, 15) is 0 Å². The first-order chi connectivity index (χ1) is 31.6. The monoisotopic (exact) mass is 853 g/mol. The predicted molar refractivity (Wildman–Crippen MR) is 286 cm³/mol. The highest BCUT2D eigenvalue weighted by molar-refractivity contribution is 6.90. The molecule has 12 rings (SSSR count). The highest BCUT2D eigenvalue weighted by Crippen LogP contribution is 2.50. The van der Waals surface area contributed by atoms with Gasteiger partial charge in [0.15, 0.2) is 0 Å². The maximum Gasteiger partial charge on any atom is 0.333 e. The zero-order valence-corrected chi connectivity index (χ0v) is 39.7. The summed E-state index contributed by atoms with van der Waals surface area (Å²) in [5, 5.41) is 7.63. The summed E-state index contributed by atoms with van der Waals surface area (Å²) in [4.78, 5) is 5.08. The van der Waals surface area contributed by atoms with E-state index in [1.807, 2.05) is 0 Å². The number of hydrogen-bond donors (Lipinski definition) is 0. The second-order valence-corrected chi connectivity index (χ2v) is 22.0. The lowest BCUT2D eigenvalue weighted by Gasteiger charge is -2.42. The summed E-state index contributed by atoms with van der Waals surface area (Å²) in [6.07, 6.45) is 0. The number of hydrogen-bond acceptors (Lipinski definition) is 2. The van der Waals surface area contributed by atoms with E-state index in [4.69, 9.17) is 0 Å². The normalized spacial score (nSPS) is 13.5. The van der Waals surface area contributed by atoms with Gasteiger partial charge in [0.1, 0.15) is 0 Å². The van der Waals surface area contributed by atoms with Crippen molar-refractivity contribution in [3.05, 3.63) is 193 Å². The van der Waals surface area contributed by atoms with Crippen molar-refractivity contribution >= 4 is 95.2 Å². The van der Waals surface area contributed by atoms with Gasteiger partial charge < -0.3 is 14.3 Å². The van der Waals surface area contributed by atoms with Crippen molar-refractivity contribution in [2.24, 2.45) is 0 Å². The second-order valence-electron chi connectivity index (χ2n) is 22.0. The van der Waals surface area contributed by atoms with E-state index >= 15 is 0 Å². The third kappa shape index (κ3) is 6.25. The number of rotatable bonds is 4. The zero-order valence-electron chi connectivity index (χ0n) is 39.7. The number of nitrogens with zero attached hydrogens (tertiary/aromatic N) is 3. The largest absolute Gasteiger partial charge is 0.375 e. The lowest BCUT2D eigenvalue weighted by molar-refractivity contribution is 0.569. The van der Waals surface area contributed by atoms with Crippen LogP contribution in [0.25, 0.3) is 54.5 Å². The molecule has 0 aliphatic carbocycles. The number of anilines is 6. The first-order valence-electron chi connectivity index (χ1n) is 23.7. The fraction of sp³-hybridized carbons (Fsp3) is 0.194. The van der Waals surface area contributed by atoms with E-state index in [0.717, 1.165) is 17.1 Å². The van der Waals surface area contributed by atoms with Gasteiger partial charge in [0.25, 0.3) is 0 Å². The summed E-state index contributed by atoms with van der Waals surface area (Å²) in [6.45, 7) is 21.0. The van der Waals surface area contributed by atoms with Crippen molar-refractivity contribution in [1.82, 2.24) is 4.48 Å². The minimum Gasteiger partial charge on any atom is -0.375 e. The Balaban J connectivity index is 1.27. The number of para-hydroxylation sites is 3. The molecule has 0 amide bonds. The van der Waals surface area contributed by atoms with Gasteiger partial charge in [-0.1, -0.05) is 159 Å². The number of benzene rings is 9. The number of aromatic nitrogens is 1. The summed E-state index contributed by atoms with van der Waals surface area (Å²) in [7, 11) is 0. The predicted octanol–water partition coefficient (Wildman–Crippen LogP) is 15.9. The molecule has 0 spiro atoms. The third-order valence-electron chi connectivity index (χ3n) is 14.5. The molecule has 0 fully saturated rings. The van der Waals surface area contributed by atoms with Crippen LogP contribution in [0.1, 0.15) is 79.0 Å². The van der Waals surface area contributed by atoms with Gasteiger partial charge in [-0.25, -0.2) is 0 Å². The van der Waals surface area contributed by atoms with Crippen molar-refractivity contribution in [2.45, 2.75) is 78.6 Å². The lowest BCUT2D eigenvalue weighted by atomic mass is 9.45. The molecule has 1 aromatic heterocycles. The molecule has 0 atom stereocenters. The molecular formula is C62H56BN3. The van der Waals surface area contributed by atoms with Crippen LogP contribution >= 0.6 is 0 Å². The van der Waals surface area contributed by atoms with Gasteiger partial charge in [-0.2, -0.15) is 0 Å². The average Bonchev–Trinajstić information content (AvgIpc) is 3.63. The van der Waals surface area contributed by atoms with Gasteiger partial charge >= 0.3 is 6.85 Å². The minimum absolute atomic E-state index is 0.0108. The smallest absolute Gasteiger partial charge is 0.333 e. The SMILES string of the molecule is CC(C)(C)c1cc(N2c3cc4cc5ccccc5cc4cc3B3c4c(cc(N(c5ccccc5)c5ccccc5)cc42)-c2cccc4c5cc(C(C)(C)C)ccc5n3c24)cc(C(C)(C)C)c1. The molecular weight excluding hydrogens is 798 g/mol. The molecule has 0 N–H and O–H groups in total. The van der Waals surface area contributed by atoms with E-state index in [0.29, 0.717) is 0 Å². The average molecular weight is 854 g/mol. The first kappa shape index (κ1) is 40.5. The van der Waals surface area contributed by atoms with Crippen LogP contribution in [-0.2, 0) is 16.2 Å². The van der Waals surface area contributed by atoms with Crippen molar-refractivity contribution < 1.29 is 0 Å². The number of fused-ring (bicyclic) bond motifs is 9. The van der Waals surface area contributed by atoms with Crippen LogP contribution in [0.3, 0.4) is 0 Å². The van der Waals surface area contributed by atoms with Gasteiger partial charge in [0.05, 0.1) is 0 Å². The zero-order chi connectivity index (χ0) is 45.4. The van der Waals surface area contributed by atoms with Gasteiger partial charge in [-0.15, -0.1) is 0 Å². The molecule has 10 aromatic rings. The van der Waals surface area contributed by atoms with Gasteiger partial charge in [-0.3, -0.25) is 0 Å². The summed E-state index contributed by atoms with van der Waals surface area (Å²) >= 11 is 0. The van der Waals surface area contributed by atoms with Crippen LogP contribution in [0.2, 0.25) is 0 Å². The highest BCUT2D eigenvalue weighted by Gasteiger charge is 2.44. The van der Waals surface area contributed by atoms with Crippen LogP contribution in [0.15, 0.2) is 176 Å². The van der Waals surface area contributed by atoms with E-state index in [2.05, 4.69) is 253 Å². The van der Waals surface area contributed by atoms with E-state index in [1.54, 1.807) is 0 Å². The molecule has 0 unspecified atom stereocenters. The molecule has 2 aliphatic rings. The fourth-order valence-electron chi connectivity index (χ4n) is 11.0. The van der Waals surface area contributed by atoms with Crippen LogP contribution in [0.5, 0.6) is 0 Å². The van der Waals surface area contributed by atoms with Gasteiger partial charge in [0.2, 0.25) is 0 Å². The van der Waals surface area contributed by atoms with Crippen molar-refractivity contribution in [2.75, 3.05) is 9.80 Å². The summed E-state index contributed by atoms with van der Waals surface area (Å²) in [5.41, 5.74) is 18.6. The Kier molecular flexibility index (Phi) is 8.73. The molecule has 322 valence electrons. The molecule has 3 nitrogen and oxygen atoms in total. The van der Waals surface area contributed by atoms with Crippen molar-refractivity contribution in [3.63, 3.8) is 0 Å². The van der Waals surface area contributed by atoms with E-state index < -0.39 is 0 Å². The molecule has 4 heteroatoms. The molecule has 66 heavy (non-hydrogen) atoms. The van der Waals surface area contributed by atoms with Crippen LogP contribution in [0, 0.1) is 0 Å². The molecule has 2 aliphatic heterocycles. The van der Waals surface area contributed by atoms with Gasteiger partial charge in [0, 0.05) is 61.5 Å². The molecule has 0 saturated carbocycles. The summed E-state index contributed by atoms with van der Waals surface area (Å²) in [5.74, 6) is 0. The Morgan fingerprint density at radius 2 is 1.00 bits per heavy atom. The second kappa shape index (κ2) is 14.2. The summed E-state index contributed by atoms with van der Waals surface area (Å²) in [6, 6.07) is 67.1. The Morgan fingerprint density at radius 1 is 0.409 bits per heavy atom. The van der Waals surface area contributed by atoms with Crippen molar-refractivity contribution in [3.8, 4) is 11.1 Å². The Hall–Kier alpha value is -7.04. The first-order valence-corrected chi connectivity index (χ1v) is 23.7. The molecule has 0 saturated heterocycles. The third-order valence-corrected chi connectivity index (χ3v) is 14.5. The van der Waals surface area contributed by atoms with Crippen molar-refractivity contribution in [1.29, 1.82) is 0 Å². The summed E-state index contributed by atoms with van der Waals surface area (Å²) < 4.78 is 2.71. The maximum atomic E-state index is 2.71. The van der Waals surface area contributed by atoms with Gasteiger partial charge in [-0.05, 0) is 150 Å². The quantitative estimate of drug-likeness (QED) is 0.129. The molecule has 0 radical (unpaired) electrons.